The zero-order chi connectivity index (χ0) is 13.0. The fraction of sp³-hybridized carbons (Fsp3) is 1.00. The summed E-state index contributed by atoms with van der Waals surface area (Å²) in [5.41, 5.74) is 0. The Kier molecular flexibility index (Phi) is 13.4. The Balaban J connectivity index is 4.25. The van der Waals surface area contributed by atoms with Crippen molar-refractivity contribution < 1.29 is 6.15 Å². The summed E-state index contributed by atoms with van der Waals surface area (Å²) in [4.78, 5) is 0. The van der Waals surface area contributed by atoms with E-state index in [1.54, 1.807) is 0 Å². The summed E-state index contributed by atoms with van der Waals surface area (Å²) in [7, 11) is 1.98. The molecule has 0 aliphatic carbocycles. The number of hydrogen-bond donors (Lipinski definition) is 1. The quantitative estimate of drug-likeness (QED) is 0.316. The molecule has 0 saturated carbocycles. The molecule has 0 amide bonds. The predicted octanol–water partition coefficient (Wildman–Crippen LogP) is 2.70. The van der Waals surface area contributed by atoms with E-state index in [0.29, 0.717) is 0 Å². The van der Waals surface area contributed by atoms with Gasteiger partial charge in [0.1, 0.15) is 0 Å². The zero-order valence-electron chi connectivity index (χ0n) is 11.6. The van der Waals surface area contributed by atoms with E-state index in [9.17, 15) is 0 Å². The molecule has 3 nitrogen and oxygen atoms in total. The fourth-order valence-electron chi connectivity index (χ4n) is 1.55. The van der Waals surface area contributed by atoms with Gasteiger partial charge in [-0.05, 0) is 0 Å². The molecule has 104 valence electrons. The molecule has 0 heterocycles. The van der Waals surface area contributed by atoms with Crippen molar-refractivity contribution in [2.24, 2.45) is 0 Å². The third-order valence-corrected chi connectivity index (χ3v) is 18.3. The molecule has 0 aromatic heterocycles. The third-order valence-electron chi connectivity index (χ3n) is 2.21. The molecule has 0 aliphatic rings. The van der Waals surface area contributed by atoms with Crippen LogP contribution in [0.3, 0.4) is 0 Å². The standard InChI is InChI=1S/C4H9S.C3H8NS.2C2H5O.Sn/c1-3-5-4-2;1-4-3-5-2;2*1-2-3;/h1,3-4H2,2H3;4H,2-3H2,1H3;2*2H2,1H3;/q;;2*-1;+2. The van der Waals surface area contributed by atoms with Crippen LogP contribution in [0.5, 0.6) is 0 Å². The summed E-state index contributed by atoms with van der Waals surface area (Å²) in [5, 5.41) is 3.17. The van der Waals surface area contributed by atoms with Crippen molar-refractivity contribution in [3.8, 4) is 0 Å². The van der Waals surface area contributed by atoms with E-state index < -0.39 is 19.2 Å². The topological polar surface area (TPSA) is 30.5 Å². The summed E-state index contributed by atoms with van der Waals surface area (Å²) in [5.74, 6) is 3.36. The first-order valence-electron chi connectivity index (χ1n) is 6.32. The van der Waals surface area contributed by atoms with Crippen molar-refractivity contribution in [1.29, 1.82) is 0 Å². The monoisotopic (exact) mass is 389 g/mol. The minimum absolute atomic E-state index is 0.799. The van der Waals surface area contributed by atoms with Gasteiger partial charge in [-0.15, -0.1) is 0 Å². The maximum absolute atomic E-state index is 6.09. The Morgan fingerprint density at radius 3 is 2.18 bits per heavy atom. The van der Waals surface area contributed by atoms with Gasteiger partial charge in [0, 0.05) is 0 Å². The van der Waals surface area contributed by atoms with Crippen molar-refractivity contribution in [2.45, 2.75) is 25.2 Å². The van der Waals surface area contributed by atoms with Crippen molar-refractivity contribution in [3.63, 3.8) is 0 Å². The zero-order valence-corrected chi connectivity index (χ0v) is 16.1. The third kappa shape index (κ3) is 8.99. The molecule has 0 fully saturated rings. The van der Waals surface area contributed by atoms with Crippen LogP contribution < -0.4 is 5.32 Å². The summed E-state index contributed by atoms with van der Waals surface area (Å²) in [6.45, 7) is 7.97. The van der Waals surface area contributed by atoms with E-state index in [-0.39, 0.29) is 0 Å². The fourth-order valence-corrected chi connectivity index (χ4v) is 17.4. The number of thioether (sulfide) groups is 2. The van der Waals surface area contributed by atoms with E-state index in [1.165, 1.54) is 15.9 Å². The molecule has 0 rings (SSSR count). The molecular formula is C11H27NO2S2Sn. The minimum atomic E-state index is -2.77. The summed E-state index contributed by atoms with van der Waals surface area (Å²) in [6, 6.07) is 0. The van der Waals surface area contributed by atoms with Gasteiger partial charge in [0.2, 0.25) is 0 Å². The Morgan fingerprint density at radius 1 is 1.06 bits per heavy atom. The predicted molar refractivity (Wildman–Crippen MR) is 83.2 cm³/mol. The molecule has 0 bridgehead atoms. The van der Waals surface area contributed by atoms with Gasteiger partial charge in [-0.2, -0.15) is 0 Å². The number of hydrogen-bond acceptors (Lipinski definition) is 5. The van der Waals surface area contributed by atoms with E-state index in [2.05, 4.69) is 26.1 Å². The number of nitrogens with one attached hydrogen (secondary N) is 1. The summed E-state index contributed by atoms with van der Waals surface area (Å²) < 4.78 is 14.4. The second kappa shape index (κ2) is 12.4. The van der Waals surface area contributed by atoms with Gasteiger partial charge in [0.05, 0.1) is 0 Å². The Morgan fingerprint density at radius 2 is 1.71 bits per heavy atom. The second-order valence-electron chi connectivity index (χ2n) is 3.57. The van der Waals surface area contributed by atoms with Crippen molar-refractivity contribution in [3.05, 3.63) is 0 Å². The van der Waals surface area contributed by atoms with Gasteiger partial charge in [-0.3, -0.25) is 0 Å². The number of rotatable bonds is 12. The van der Waals surface area contributed by atoms with Crippen LogP contribution in [0.25, 0.3) is 0 Å². The molecule has 0 aromatic rings. The Hall–Kier alpha value is 1.38. The molecule has 0 aliphatic heterocycles. The first kappa shape index (κ1) is 18.4. The van der Waals surface area contributed by atoms with Crippen LogP contribution in [0, 0.1) is 0 Å². The first-order chi connectivity index (χ1) is 8.24. The molecule has 0 aromatic carbocycles. The average Bonchev–Trinajstić information content (AvgIpc) is 2.30. The van der Waals surface area contributed by atoms with Crippen molar-refractivity contribution >= 4 is 42.7 Å². The van der Waals surface area contributed by atoms with Crippen LogP contribution in [0.1, 0.15) is 20.8 Å². The van der Waals surface area contributed by atoms with E-state index >= 15 is 0 Å². The Labute approximate surface area is 120 Å². The van der Waals surface area contributed by atoms with Crippen LogP contribution in [0.15, 0.2) is 0 Å². The Bertz CT molecular complexity index is 158. The van der Waals surface area contributed by atoms with Crippen LogP contribution in [0.2, 0.25) is 4.44 Å². The molecule has 0 spiro atoms. The van der Waals surface area contributed by atoms with Crippen LogP contribution >= 0.6 is 23.5 Å². The molecule has 6 heteroatoms. The maximum atomic E-state index is 6.09. The van der Waals surface area contributed by atoms with E-state index in [0.717, 1.165) is 22.9 Å². The summed E-state index contributed by atoms with van der Waals surface area (Å²) >= 11 is 1.14. The van der Waals surface area contributed by atoms with Gasteiger partial charge in [0.25, 0.3) is 0 Å². The van der Waals surface area contributed by atoms with Gasteiger partial charge in [-0.1, -0.05) is 0 Å². The molecular weight excluding hydrogens is 361 g/mol. The second-order valence-corrected chi connectivity index (χ2v) is 16.7. The molecule has 0 radical (unpaired) electrons. The van der Waals surface area contributed by atoms with Gasteiger partial charge >= 0.3 is 121 Å². The van der Waals surface area contributed by atoms with Crippen molar-refractivity contribution in [1.82, 2.24) is 5.32 Å². The molecule has 0 saturated heterocycles. The van der Waals surface area contributed by atoms with Crippen LogP contribution in [0.4, 0.5) is 0 Å². The normalized spacial score (nSPS) is 12.0. The van der Waals surface area contributed by atoms with Crippen LogP contribution in [-0.2, 0) is 6.15 Å². The molecule has 17 heavy (non-hydrogen) atoms. The molecule has 0 atom stereocenters. The SMILES string of the molecule is CC[O][Sn]([CH2]CSCC)([CH2]SCNC)[O]CC. The van der Waals surface area contributed by atoms with Gasteiger partial charge in [-0.25, -0.2) is 0 Å². The summed E-state index contributed by atoms with van der Waals surface area (Å²) in [6.07, 6.45) is 0. The molecule has 0 unspecified atom stereocenters. The van der Waals surface area contributed by atoms with E-state index in [4.69, 9.17) is 6.15 Å². The van der Waals surface area contributed by atoms with Gasteiger partial charge in [0.15, 0.2) is 0 Å². The van der Waals surface area contributed by atoms with E-state index in [1.807, 2.05) is 30.6 Å². The average molecular weight is 388 g/mol. The van der Waals surface area contributed by atoms with Gasteiger partial charge < -0.3 is 0 Å². The molecule has 1 N–H and O–H groups in total. The van der Waals surface area contributed by atoms with Crippen LogP contribution in [-0.4, -0.2) is 60.6 Å². The van der Waals surface area contributed by atoms with Crippen molar-refractivity contribution in [2.75, 3.05) is 41.4 Å². The first-order valence-corrected chi connectivity index (χ1v) is 15.0.